The van der Waals surface area contributed by atoms with Crippen molar-refractivity contribution in [2.24, 2.45) is 5.92 Å². The van der Waals surface area contributed by atoms with Crippen LogP contribution in [0.4, 0.5) is 5.13 Å². The van der Waals surface area contributed by atoms with Gasteiger partial charge < -0.3 is 14.8 Å². The van der Waals surface area contributed by atoms with Crippen LogP contribution >= 0.6 is 11.3 Å². The van der Waals surface area contributed by atoms with E-state index in [1.165, 1.54) is 15.6 Å². The SMILES string of the molecule is COc1ccc(OC)c(-c2csc(NC(=O)C3CCN(S(=O)(=O)c4ccc(C)cc4)CC3)n2)c1. The zero-order chi connectivity index (χ0) is 24.3. The van der Waals surface area contributed by atoms with E-state index in [0.717, 1.165) is 11.1 Å². The molecule has 1 aliphatic rings. The van der Waals surface area contributed by atoms with E-state index in [2.05, 4.69) is 10.3 Å². The fourth-order valence-electron chi connectivity index (χ4n) is 3.89. The van der Waals surface area contributed by atoms with Crippen molar-refractivity contribution >= 4 is 32.4 Å². The van der Waals surface area contributed by atoms with Crippen LogP contribution in [-0.4, -0.2) is 50.9 Å². The van der Waals surface area contributed by atoms with Crippen molar-refractivity contribution in [1.82, 2.24) is 9.29 Å². The van der Waals surface area contributed by atoms with Crippen molar-refractivity contribution < 1.29 is 22.7 Å². The minimum atomic E-state index is -3.56. The van der Waals surface area contributed by atoms with E-state index in [0.29, 0.717) is 48.3 Å². The second kappa shape index (κ2) is 10.1. The number of rotatable bonds is 7. The van der Waals surface area contributed by atoms with Crippen molar-refractivity contribution in [3.63, 3.8) is 0 Å². The Morgan fingerprint density at radius 1 is 1.09 bits per heavy atom. The van der Waals surface area contributed by atoms with E-state index in [9.17, 15) is 13.2 Å². The molecule has 2 aromatic carbocycles. The fourth-order valence-corrected chi connectivity index (χ4v) is 6.08. The van der Waals surface area contributed by atoms with Gasteiger partial charge in [0.25, 0.3) is 0 Å². The van der Waals surface area contributed by atoms with Crippen molar-refractivity contribution in [2.45, 2.75) is 24.7 Å². The Hall–Kier alpha value is -2.95. The van der Waals surface area contributed by atoms with Gasteiger partial charge in [-0.05, 0) is 50.1 Å². The zero-order valence-corrected chi connectivity index (χ0v) is 20.9. The second-order valence-electron chi connectivity index (χ2n) is 8.08. The molecule has 0 bridgehead atoms. The summed E-state index contributed by atoms with van der Waals surface area (Å²) in [4.78, 5) is 17.7. The summed E-state index contributed by atoms with van der Waals surface area (Å²) >= 11 is 1.33. The molecule has 0 aliphatic carbocycles. The number of benzene rings is 2. The number of hydrogen-bond acceptors (Lipinski definition) is 7. The molecule has 34 heavy (non-hydrogen) atoms. The van der Waals surface area contributed by atoms with E-state index in [1.807, 2.05) is 30.5 Å². The largest absolute Gasteiger partial charge is 0.497 e. The maximum atomic E-state index is 12.9. The molecule has 1 amide bonds. The molecule has 1 saturated heterocycles. The van der Waals surface area contributed by atoms with Crippen molar-refractivity contribution in [3.05, 3.63) is 53.4 Å². The number of carbonyl (C=O) groups excluding carboxylic acids is 1. The Bertz CT molecular complexity index is 1260. The van der Waals surface area contributed by atoms with Gasteiger partial charge in [-0.2, -0.15) is 4.31 Å². The van der Waals surface area contributed by atoms with Crippen LogP contribution in [0.25, 0.3) is 11.3 Å². The molecular formula is C24H27N3O5S2. The number of nitrogens with zero attached hydrogens (tertiary/aromatic N) is 2. The molecule has 3 aromatic rings. The lowest BCUT2D eigenvalue weighted by atomic mass is 9.97. The minimum Gasteiger partial charge on any atom is -0.497 e. The van der Waals surface area contributed by atoms with Gasteiger partial charge in [-0.1, -0.05) is 17.7 Å². The van der Waals surface area contributed by atoms with Crippen LogP contribution < -0.4 is 14.8 Å². The maximum Gasteiger partial charge on any atom is 0.243 e. The molecule has 8 nitrogen and oxygen atoms in total. The molecule has 0 unspecified atom stereocenters. The fraction of sp³-hybridized carbons (Fsp3) is 0.333. The highest BCUT2D eigenvalue weighted by atomic mass is 32.2. The number of amides is 1. The molecule has 2 heterocycles. The molecule has 1 fully saturated rings. The van der Waals surface area contributed by atoms with Crippen LogP contribution in [-0.2, 0) is 14.8 Å². The highest BCUT2D eigenvalue weighted by Gasteiger charge is 2.32. The summed E-state index contributed by atoms with van der Waals surface area (Å²) in [5.74, 6) is 0.918. The summed E-state index contributed by atoms with van der Waals surface area (Å²) < 4.78 is 38.0. The molecule has 0 atom stereocenters. The third kappa shape index (κ3) is 5.08. The first-order valence-corrected chi connectivity index (χ1v) is 13.2. The molecule has 180 valence electrons. The van der Waals surface area contributed by atoms with Crippen molar-refractivity contribution in [1.29, 1.82) is 0 Å². The third-order valence-corrected chi connectivity index (χ3v) is 8.57. The standard InChI is InChI=1S/C24H27N3O5S2/c1-16-4-7-19(8-5-16)34(29,30)27-12-10-17(11-13-27)23(28)26-24-25-21(15-33-24)20-14-18(31-2)6-9-22(20)32-3/h4-9,14-15,17H,10-13H2,1-3H3,(H,25,26,28). The van der Waals surface area contributed by atoms with Gasteiger partial charge in [0.1, 0.15) is 11.5 Å². The van der Waals surface area contributed by atoms with E-state index < -0.39 is 10.0 Å². The summed E-state index contributed by atoms with van der Waals surface area (Å²) in [5.41, 5.74) is 2.45. The van der Waals surface area contributed by atoms with Crippen LogP contribution in [0.2, 0.25) is 0 Å². The van der Waals surface area contributed by atoms with Gasteiger partial charge in [-0.3, -0.25) is 4.79 Å². The van der Waals surface area contributed by atoms with Gasteiger partial charge in [-0.15, -0.1) is 11.3 Å². The number of nitrogens with one attached hydrogen (secondary N) is 1. The Balaban J connectivity index is 1.39. The monoisotopic (exact) mass is 501 g/mol. The lowest BCUT2D eigenvalue weighted by Crippen LogP contribution is -2.41. The molecule has 1 aliphatic heterocycles. The number of piperidine rings is 1. The summed E-state index contributed by atoms with van der Waals surface area (Å²) in [7, 11) is -0.375. The lowest BCUT2D eigenvalue weighted by Gasteiger charge is -2.30. The predicted molar refractivity (Wildman–Crippen MR) is 132 cm³/mol. The first kappa shape index (κ1) is 24.2. The number of carbonyl (C=O) groups is 1. The third-order valence-electron chi connectivity index (χ3n) is 5.90. The van der Waals surface area contributed by atoms with Gasteiger partial charge in [0.2, 0.25) is 15.9 Å². The van der Waals surface area contributed by atoms with E-state index in [1.54, 1.807) is 38.5 Å². The molecule has 1 aromatic heterocycles. The summed E-state index contributed by atoms with van der Waals surface area (Å²) in [6.45, 7) is 2.52. The first-order chi connectivity index (χ1) is 16.3. The number of thiazole rings is 1. The van der Waals surface area contributed by atoms with Crippen molar-refractivity contribution in [2.75, 3.05) is 32.6 Å². The number of sulfonamides is 1. The molecule has 10 heteroatoms. The number of methoxy groups -OCH3 is 2. The van der Waals surface area contributed by atoms with Gasteiger partial charge in [-0.25, -0.2) is 13.4 Å². The van der Waals surface area contributed by atoms with Gasteiger partial charge in [0, 0.05) is 30.0 Å². The quantitative estimate of drug-likeness (QED) is 0.522. The normalized spacial score (nSPS) is 15.1. The Kier molecular flexibility index (Phi) is 7.20. The summed E-state index contributed by atoms with van der Waals surface area (Å²) in [6.07, 6.45) is 0.914. The molecule has 4 rings (SSSR count). The Morgan fingerprint density at radius 2 is 1.79 bits per heavy atom. The number of ether oxygens (including phenoxy) is 2. The topological polar surface area (TPSA) is 97.8 Å². The van der Waals surface area contributed by atoms with E-state index >= 15 is 0 Å². The predicted octanol–water partition coefficient (Wildman–Crippen LogP) is 4.18. The van der Waals surface area contributed by atoms with Crippen LogP contribution in [0, 0.1) is 12.8 Å². The number of anilines is 1. The number of hydrogen-bond donors (Lipinski definition) is 1. The van der Waals surface area contributed by atoms with Crippen LogP contribution in [0.5, 0.6) is 11.5 Å². The first-order valence-electron chi connectivity index (χ1n) is 10.9. The van der Waals surface area contributed by atoms with Crippen LogP contribution in [0.15, 0.2) is 52.7 Å². The smallest absolute Gasteiger partial charge is 0.243 e. The summed E-state index contributed by atoms with van der Waals surface area (Å²) in [6, 6.07) is 12.3. The average Bonchev–Trinajstić information content (AvgIpc) is 3.32. The summed E-state index contributed by atoms with van der Waals surface area (Å²) in [5, 5.41) is 5.22. The van der Waals surface area contributed by atoms with Crippen LogP contribution in [0.3, 0.4) is 0 Å². The van der Waals surface area contributed by atoms with E-state index in [4.69, 9.17) is 9.47 Å². The average molecular weight is 502 g/mol. The van der Waals surface area contributed by atoms with E-state index in [-0.39, 0.29) is 16.7 Å². The second-order valence-corrected chi connectivity index (χ2v) is 10.9. The minimum absolute atomic E-state index is 0.147. The highest BCUT2D eigenvalue weighted by Crippen LogP contribution is 2.35. The van der Waals surface area contributed by atoms with Gasteiger partial charge in [0.05, 0.1) is 24.8 Å². The molecule has 1 N–H and O–H groups in total. The molecule has 0 saturated carbocycles. The molecular weight excluding hydrogens is 474 g/mol. The van der Waals surface area contributed by atoms with Crippen LogP contribution in [0.1, 0.15) is 18.4 Å². The van der Waals surface area contributed by atoms with Gasteiger partial charge in [0.15, 0.2) is 5.13 Å². The number of aromatic nitrogens is 1. The zero-order valence-electron chi connectivity index (χ0n) is 19.3. The van der Waals surface area contributed by atoms with Crippen molar-refractivity contribution in [3.8, 4) is 22.8 Å². The number of aryl methyl sites for hydroxylation is 1. The highest BCUT2D eigenvalue weighted by molar-refractivity contribution is 7.89. The molecule has 0 spiro atoms. The Labute approximate surface area is 203 Å². The lowest BCUT2D eigenvalue weighted by molar-refractivity contribution is -0.120. The van der Waals surface area contributed by atoms with Gasteiger partial charge >= 0.3 is 0 Å². The molecule has 0 radical (unpaired) electrons. The Morgan fingerprint density at radius 3 is 2.44 bits per heavy atom. The maximum absolute atomic E-state index is 12.9.